The van der Waals surface area contributed by atoms with Gasteiger partial charge in [0, 0.05) is 32.7 Å². The Morgan fingerprint density at radius 3 is 2.60 bits per heavy atom. The summed E-state index contributed by atoms with van der Waals surface area (Å²) in [5.41, 5.74) is 1.38. The van der Waals surface area contributed by atoms with Crippen molar-refractivity contribution >= 4 is 16.3 Å². The second kappa shape index (κ2) is 4.96. The van der Waals surface area contributed by atoms with Gasteiger partial charge in [-0.2, -0.15) is 0 Å². The summed E-state index contributed by atoms with van der Waals surface area (Å²) in [5, 5.41) is 12.4. The fourth-order valence-electron chi connectivity index (χ4n) is 2.00. The number of hydrogen-bond acceptors (Lipinski definition) is 4. The maximum Gasteiger partial charge on any atom is 0.0939 e. The standard InChI is InChI=1S/C11H18N2OS/c1-10-2-9-15-11(10)13-5-3-12(4-6-13)7-8-14/h2,9,14H,3-8H2,1H3. The lowest BCUT2D eigenvalue weighted by molar-refractivity contribution is 0.189. The lowest BCUT2D eigenvalue weighted by Gasteiger charge is -2.35. The lowest BCUT2D eigenvalue weighted by Crippen LogP contribution is -2.47. The van der Waals surface area contributed by atoms with Crippen LogP contribution in [0.1, 0.15) is 5.56 Å². The van der Waals surface area contributed by atoms with Crippen molar-refractivity contribution < 1.29 is 5.11 Å². The van der Waals surface area contributed by atoms with Gasteiger partial charge in [-0.1, -0.05) is 0 Å². The van der Waals surface area contributed by atoms with Crippen LogP contribution >= 0.6 is 11.3 Å². The van der Waals surface area contributed by atoms with E-state index in [4.69, 9.17) is 5.11 Å². The molecule has 84 valence electrons. The molecule has 0 amide bonds. The molecule has 1 aromatic heterocycles. The van der Waals surface area contributed by atoms with E-state index in [1.165, 1.54) is 10.6 Å². The third kappa shape index (κ3) is 2.51. The van der Waals surface area contributed by atoms with Crippen molar-refractivity contribution in [3.8, 4) is 0 Å². The minimum atomic E-state index is 0.276. The Morgan fingerprint density at radius 2 is 2.07 bits per heavy atom. The van der Waals surface area contributed by atoms with Gasteiger partial charge in [-0.3, -0.25) is 4.90 Å². The van der Waals surface area contributed by atoms with Gasteiger partial charge in [0.2, 0.25) is 0 Å². The average Bonchev–Trinajstić information content (AvgIpc) is 2.66. The molecule has 2 heterocycles. The van der Waals surface area contributed by atoms with Crippen LogP contribution in [0.3, 0.4) is 0 Å². The van der Waals surface area contributed by atoms with Crippen LogP contribution in [0.15, 0.2) is 11.4 Å². The number of anilines is 1. The molecule has 0 atom stereocenters. The summed E-state index contributed by atoms with van der Waals surface area (Å²) >= 11 is 1.83. The molecule has 1 N–H and O–H groups in total. The van der Waals surface area contributed by atoms with Crippen LogP contribution in [0.25, 0.3) is 0 Å². The number of hydrogen-bond donors (Lipinski definition) is 1. The van der Waals surface area contributed by atoms with Crippen LogP contribution in [0.2, 0.25) is 0 Å². The highest BCUT2D eigenvalue weighted by Gasteiger charge is 2.18. The first-order valence-corrected chi connectivity index (χ1v) is 6.31. The molecule has 0 bridgehead atoms. The highest BCUT2D eigenvalue weighted by molar-refractivity contribution is 7.14. The number of rotatable bonds is 3. The summed E-state index contributed by atoms with van der Waals surface area (Å²) in [6.45, 7) is 7.57. The number of thiophene rings is 1. The van der Waals surface area contributed by atoms with Crippen molar-refractivity contribution in [1.82, 2.24) is 4.90 Å². The van der Waals surface area contributed by atoms with E-state index in [0.29, 0.717) is 0 Å². The normalized spacial score (nSPS) is 18.4. The summed E-state index contributed by atoms with van der Waals surface area (Å²) < 4.78 is 0. The monoisotopic (exact) mass is 226 g/mol. The molecule has 0 radical (unpaired) electrons. The highest BCUT2D eigenvalue weighted by Crippen LogP contribution is 2.27. The number of aliphatic hydroxyl groups excluding tert-OH is 1. The maximum absolute atomic E-state index is 8.86. The fourth-order valence-corrected chi connectivity index (χ4v) is 2.99. The van der Waals surface area contributed by atoms with Crippen molar-refractivity contribution in [2.24, 2.45) is 0 Å². The van der Waals surface area contributed by atoms with E-state index < -0.39 is 0 Å². The molecule has 1 aliphatic heterocycles. The molecule has 15 heavy (non-hydrogen) atoms. The van der Waals surface area contributed by atoms with E-state index in [1.807, 2.05) is 11.3 Å². The van der Waals surface area contributed by atoms with Gasteiger partial charge < -0.3 is 10.0 Å². The first kappa shape index (κ1) is 10.9. The highest BCUT2D eigenvalue weighted by atomic mass is 32.1. The predicted molar refractivity (Wildman–Crippen MR) is 64.8 cm³/mol. The Hall–Kier alpha value is -0.580. The molecule has 0 aromatic carbocycles. The van der Waals surface area contributed by atoms with Crippen LogP contribution in [0.5, 0.6) is 0 Å². The molecule has 1 aliphatic rings. The van der Waals surface area contributed by atoms with Gasteiger partial charge in [0.1, 0.15) is 0 Å². The number of nitrogens with zero attached hydrogens (tertiary/aromatic N) is 2. The molecule has 1 aromatic rings. The predicted octanol–water partition coefficient (Wildman–Crippen LogP) is 1.17. The topological polar surface area (TPSA) is 26.7 Å². The number of piperazine rings is 1. The quantitative estimate of drug-likeness (QED) is 0.838. The Kier molecular flexibility index (Phi) is 3.61. The number of aryl methyl sites for hydroxylation is 1. The molecule has 0 unspecified atom stereocenters. The van der Waals surface area contributed by atoms with Gasteiger partial charge in [0.15, 0.2) is 0 Å². The van der Waals surface area contributed by atoms with E-state index in [1.54, 1.807) is 0 Å². The van der Waals surface area contributed by atoms with E-state index in [2.05, 4.69) is 28.2 Å². The van der Waals surface area contributed by atoms with E-state index in [-0.39, 0.29) is 6.61 Å². The fraction of sp³-hybridized carbons (Fsp3) is 0.636. The van der Waals surface area contributed by atoms with Crippen molar-refractivity contribution in [3.05, 3.63) is 17.0 Å². The van der Waals surface area contributed by atoms with Gasteiger partial charge in [0.25, 0.3) is 0 Å². The molecule has 1 saturated heterocycles. The molecule has 4 heteroatoms. The molecule has 1 fully saturated rings. The SMILES string of the molecule is Cc1ccsc1N1CCN(CCO)CC1. The largest absolute Gasteiger partial charge is 0.395 e. The molecular weight excluding hydrogens is 208 g/mol. The summed E-state index contributed by atoms with van der Waals surface area (Å²) in [7, 11) is 0. The molecule has 0 saturated carbocycles. The van der Waals surface area contributed by atoms with Gasteiger partial charge in [-0.25, -0.2) is 0 Å². The minimum Gasteiger partial charge on any atom is -0.395 e. The van der Waals surface area contributed by atoms with Gasteiger partial charge in [0.05, 0.1) is 11.6 Å². The summed E-state index contributed by atoms with van der Waals surface area (Å²) in [6.07, 6.45) is 0. The third-order valence-corrected chi connectivity index (χ3v) is 3.99. The Morgan fingerprint density at radius 1 is 1.33 bits per heavy atom. The van der Waals surface area contributed by atoms with Gasteiger partial charge in [-0.15, -0.1) is 11.3 Å². The van der Waals surface area contributed by atoms with Crippen molar-refractivity contribution in [3.63, 3.8) is 0 Å². The Labute approximate surface area is 94.9 Å². The molecule has 0 aliphatic carbocycles. The first-order valence-electron chi connectivity index (χ1n) is 5.43. The lowest BCUT2D eigenvalue weighted by atomic mass is 10.3. The second-order valence-electron chi connectivity index (χ2n) is 3.96. The van der Waals surface area contributed by atoms with Crippen LogP contribution < -0.4 is 4.90 Å². The zero-order valence-corrected chi connectivity index (χ0v) is 9.96. The smallest absolute Gasteiger partial charge is 0.0939 e. The maximum atomic E-state index is 8.86. The molecule has 0 spiro atoms. The molecular formula is C11H18N2OS. The van der Waals surface area contributed by atoms with Crippen molar-refractivity contribution in [2.45, 2.75) is 6.92 Å². The summed E-state index contributed by atoms with van der Waals surface area (Å²) in [5.74, 6) is 0. The van der Waals surface area contributed by atoms with Crippen LogP contribution in [-0.4, -0.2) is 49.3 Å². The molecule has 3 nitrogen and oxygen atoms in total. The zero-order chi connectivity index (χ0) is 10.7. The number of aliphatic hydroxyl groups is 1. The molecule has 2 rings (SSSR count). The average molecular weight is 226 g/mol. The van der Waals surface area contributed by atoms with Crippen molar-refractivity contribution in [2.75, 3.05) is 44.2 Å². The van der Waals surface area contributed by atoms with Gasteiger partial charge >= 0.3 is 0 Å². The van der Waals surface area contributed by atoms with Crippen LogP contribution in [0, 0.1) is 6.92 Å². The van der Waals surface area contributed by atoms with Crippen LogP contribution in [0.4, 0.5) is 5.00 Å². The second-order valence-corrected chi connectivity index (χ2v) is 4.86. The zero-order valence-electron chi connectivity index (χ0n) is 9.15. The Balaban J connectivity index is 1.91. The van der Waals surface area contributed by atoms with Crippen LogP contribution in [-0.2, 0) is 0 Å². The van der Waals surface area contributed by atoms with E-state index in [0.717, 1.165) is 32.7 Å². The number of β-amino-alcohol motifs (C(OH)–C–C–N with tert-alkyl or cyclic N) is 1. The van der Waals surface area contributed by atoms with Crippen molar-refractivity contribution in [1.29, 1.82) is 0 Å². The first-order chi connectivity index (χ1) is 7.31. The third-order valence-electron chi connectivity index (χ3n) is 2.91. The Bertz CT molecular complexity index is 305. The summed E-state index contributed by atoms with van der Waals surface area (Å²) in [6, 6.07) is 2.18. The summed E-state index contributed by atoms with van der Waals surface area (Å²) in [4.78, 5) is 4.77. The minimum absolute atomic E-state index is 0.276. The van der Waals surface area contributed by atoms with Gasteiger partial charge in [-0.05, 0) is 23.9 Å². The van der Waals surface area contributed by atoms with E-state index >= 15 is 0 Å². The van der Waals surface area contributed by atoms with E-state index in [9.17, 15) is 0 Å².